The van der Waals surface area contributed by atoms with Gasteiger partial charge in [-0.2, -0.15) is 4.31 Å². The van der Waals surface area contributed by atoms with Crippen molar-refractivity contribution in [2.24, 2.45) is 0 Å². The first-order valence-corrected chi connectivity index (χ1v) is 12.0. The molecule has 4 aromatic rings. The highest BCUT2D eigenvalue weighted by molar-refractivity contribution is 7.89. The highest BCUT2D eigenvalue weighted by atomic mass is 32.2. The Labute approximate surface area is 186 Å². The summed E-state index contributed by atoms with van der Waals surface area (Å²) in [5.74, 6) is 0.275. The monoisotopic (exact) mass is 450 g/mol. The van der Waals surface area contributed by atoms with E-state index >= 15 is 0 Å². The Hall–Kier alpha value is -3.23. The molecule has 0 amide bonds. The molecule has 32 heavy (non-hydrogen) atoms. The maximum absolute atomic E-state index is 13.6. The van der Waals surface area contributed by atoms with Crippen LogP contribution in [-0.4, -0.2) is 48.5 Å². The van der Waals surface area contributed by atoms with E-state index in [1.165, 1.54) is 28.1 Å². The quantitative estimate of drug-likeness (QED) is 0.465. The Morgan fingerprint density at radius 2 is 1.56 bits per heavy atom. The molecule has 6 nitrogen and oxygen atoms in total. The summed E-state index contributed by atoms with van der Waals surface area (Å²) < 4.78 is 43.1. The lowest BCUT2D eigenvalue weighted by Crippen LogP contribution is -2.49. The van der Waals surface area contributed by atoms with E-state index in [1.54, 1.807) is 0 Å². The Bertz CT molecular complexity index is 1350. The zero-order chi connectivity index (χ0) is 22.1. The zero-order valence-corrected chi connectivity index (χ0v) is 18.2. The van der Waals surface area contributed by atoms with Gasteiger partial charge in [-0.05, 0) is 35.9 Å². The van der Waals surface area contributed by atoms with Gasteiger partial charge < -0.3 is 9.47 Å². The molecule has 0 N–H and O–H groups in total. The molecule has 0 radical (unpaired) electrons. The number of aromatic nitrogens is 2. The van der Waals surface area contributed by atoms with Gasteiger partial charge in [0.05, 0.1) is 22.5 Å². The van der Waals surface area contributed by atoms with Crippen molar-refractivity contribution in [2.45, 2.75) is 11.4 Å². The largest absolute Gasteiger partial charge is 0.340 e. The third-order valence-corrected chi connectivity index (χ3v) is 7.67. The third kappa shape index (κ3) is 3.87. The number of nitrogens with zero attached hydrogens (tertiary/aromatic N) is 4. The zero-order valence-electron chi connectivity index (χ0n) is 17.4. The number of imidazole rings is 1. The molecule has 164 valence electrons. The predicted octanol–water partition coefficient (Wildman–Crippen LogP) is 3.73. The Kier molecular flexibility index (Phi) is 5.40. The average molecular weight is 451 g/mol. The molecule has 1 aliphatic heterocycles. The van der Waals surface area contributed by atoms with Gasteiger partial charge in [0.2, 0.25) is 16.0 Å². The van der Waals surface area contributed by atoms with Gasteiger partial charge >= 0.3 is 0 Å². The fraction of sp³-hybridized carbons (Fsp3) is 0.208. The van der Waals surface area contributed by atoms with Crippen molar-refractivity contribution in [1.82, 2.24) is 13.9 Å². The van der Waals surface area contributed by atoms with Gasteiger partial charge in [0, 0.05) is 26.2 Å². The van der Waals surface area contributed by atoms with Crippen LogP contribution in [0.1, 0.15) is 5.56 Å². The number of hydrogen-bond acceptors (Lipinski definition) is 4. The van der Waals surface area contributed by atoms with E-state index in [1.807, 2.05) is 36.4 Å². The van der Waals surface area contributed by atoms with Crippen LogP contribution in [0.5, 0.6) is 0 Å². The molecule has 2 heterocycles. The highest BCUT2D eigenvalue weighted by Gasteiger charge is 2.30. The number of para-hydroxylation sites is 2. The smallest absolute Gasteiger partial charge is 0.243 e. The molecule has 5 rings (SSSR count). The van der Waals surface area contributed by atoms with Gasteiger partial charge in [0.15, 0.2) is 0 Å². The number of benzene rings is 3. The maximum Gasteiger partial charge on any atom is 0.243 e. The highest BCUT2D eigenvalue weighted by Crippen LogP contribution is 2.26. The Morgan fingerprint density at radius 1 is 0.844 bits per heavy atom. The molecule has 1 fully saturated rings. The van der Waals surface area contributed by atoms with Crippen LogP contribution >= 0.6 is 0 Å². The molecule has 0 atom stereocenters. The lowest BCUT2D eigenvalue weighted by Gasteiger charge is -2.34. The van der Waals surface area contributed by atoms with Crippen LogP contribution in [0.25, 0.3) is 11.0 Å². The fourth-order valence-electron chi connectivity index (χ4n) is 4.13. The molecular weight excluding hydrogens is 427 g/mol. The molecule has 1 saturated heterocycles. The molecule has 3 aromatic carbocycles. The number of halogens is 1. The van der Waals surface area contributed by atoms with Crippen LogP contribution in [0.4, 0.5) is 10.3 Å². The summed E-state index contributed by atoms with van der Waals surface area (Å²) in [6.07, 6.45) is 0. The minimum absolute atomic E-state index is 0.0118. The summed E-state index contributed by atoms with van der Waals surface area (Å²) in [5.41, 5.74) is 3.12. The molecule has 0 unspecified atom stereocenters. The molecular formula is C24H23FN4O2S. The first kappa shape index (κ1) is 20.7. The summed E-state index contributed by atoms with van der Waals surface area (Å²) in [6, 6.07) is 23.4. The number of piperazine rings is 1. The second kappa shape index (κ2) is 8.37. The minimum Gasteiger partial charge on any atom is -0.340 e. The second-order valence-corrected chi connectivity index (χ2v) is 9.76. The van der Waals surface area contributed by atoms with E-state index < -0.39 is 15.8 Å². The van der Waals surface area contributed by atoms with E-state index in [0.717, 1.165) is 23.0 Å². The van der Waals surface area contributed by atoms with Crippen molar-refractivity contribution in [3.05, 3.63) is 90.2 Å². The van der Waals surface area contributed by atoms with Gasteiger partial charge in [0.25, 0.3) is 0 Å². The van der Waals surface area contributed by atoms with Crippen LogP contribution in [0, 0.1) is 5.82 Å². The first-order chi connectivity index (χ1) is 15.5. The Morgan fingerprint density at radius 3 is 2.31 bits per heavy atom. The summed E-state index contributed by atoms with van der Waals surface area (Å²) >= 11 is 0. The van der Waals surface area contributed by atoms with Crippen LogP contribution in [0.2, 0.25) is 0 Å². The van der Waals surface area contributed by atoms with Crippen LogP contribution in [0.15, 0.2) is 83.8 Å². The normalized spacial score (nSPS) is 15.3. The van der Waals surface area contributed by atoms with Crippen LogP contribution in [-0.2, 0) is 16.6 Å². The fourth-order valence-corrected chi connectivity index (χ4v) is 5.59. The minimum atomic E-state index is -3.73. The molecule has 0 bridgehead atoms. The van der Waals surface area contributed by atoms with E-state index in [4.69, 9.17) is 4.98 Å². The van der Waals surface area contributed by atoms with Crippen LogP contribution in [0.3, 0.4) is 0 Å². The standard InChI is InChI=1S/C24H23FN4O2S/c25-20-9-6-10-21(17-20)32(30,31)28-15-13-27(14-16-28)24-26-22-11-4-5-12-23(22)29(24)18-19-7-2-1-3-8-19/h1-12,17H,13-16,18H2. The summed E-state index contributed by atoms with van der Waals surface area (Å²) in [6.45, 7) is 2.32. The van der Waals surface area contributed by atoms with Gasteiger partial charge in [-0.3, -0.25) is 0 Å². The second-order valence-electron chi connectivity index (χ2n) is 7.82. The van der Waals surface area contributed by atoms with Crippen molar-refractivity contribution >= 4 is 27.0 Å². The van der Waals surface area contributed by atoms with Crippen molar-refractivity contribution in [1.29, 1.82) is 0 Å². The predicted molar refractivity (Wildman–Crippen MR) is 123 cm³/mol. The van der Waals surface area contributed by atoms with Crippen molar-refractivity contribution in [3.63, 3.8) is 0 Å². The van der Waals surface area contributed by atoms with Gasteiger partial charge in [-0.25, -0.2) is 17.8 Å². The Balaban J connectivity index is 1.41. The maximum atomic E-state index is 13.6. The van der Waals surface area contributed by atoms with E-state index in [9.17, 15) is 12.8 Å². The first-order valence-electron chi connectivity index (χ1n) is 10.5. The number of rotatable bonds is 5. The van der Waals surface area contributed by atoms with Crippen molar-refractivity contribution in [3.8, 4) is 0 Å². The number of fused-ring (bicyclic) bond motifs is 1. The third-order valence-electron chi connectivity index (χ3n) is 5.77. The van der Waals surface area contributed by atoms with Crippen molar-refractivity contribution in [2.75, 3.05) is 31.1 Å². The molecule has 0 aliphatic carbocycles. The van der Waals surface area contributed by atoms with E-state index in [2.05, 4.69) is 27.7 Å². The van der Waals surface area contributed by atoms with E-state index in [-0.39, 0.29) is 4.90 Å². The van der Waals surface area contributed by atoms with E-state index in [0.29, 0.717) is 32.7 Å². The van der Waals surface area contributed by atoms with Crippen molar-refractivity contribution < 1.29 is 12.8 Å². The van der Waals surface area contributed by atoms with Crippen LogP contribution < -0.4 is 4.90 Å². The van der Waals surface area contributed by atoms with Gasteiger partial charge in [0.1, 0.15) is 5.82 Å². The SMILES string of the molecule is O=S(=O)(c1cccc(F)c1)N1CCN(c2nc3ccccc3n2Cc2ccccc2)CC1. The number of anilines is 1. The lowest BCUT2D eigenvalue weighted by atomic mass is 10.2. The molecule has 0 spiro atoms. The van der Waals surface area contributed by atoms with Gasteiger partial charge in [-0.15, -0.1) is 0 Å². The lowest BCUT2D eigenvalue weighted by molar-refractivity contribution is 0.381. The average Bonchev–Trinajstić information content (AvgIpc) is 3.18. The number of sulfonamides is 1. The topological polar surface area (TPSA) is 58.4 Å². The number of hydrogen-bond donors (Lipinski definition) is 0. The summed E-state index contributed by atoms with van der Waals surface area (Å²) in [5, 5.41) is 0. The molecule has 0 saturated carbocycles. The summed E-state index contributed by atoms with van der Waals surface area (Å²) in [4.78, 5) is 6.97. The molecule has 1 aliphatic rings. The van der Waals surface area contributed by atoms with Gasteiger partial charge in [-0.1, -0.05) is 48.5 Å². The molecule has 1 aromatic heterocycles. The summed E-state index contributed by atoms with van der Waals surface area (Å²) in [7, 11) is -3.73. The molecule has 8 heteroatoms.